The highest BCUT2D eigenvalue weighted by Crippen LogP contribution is 2.28. The van der Waals surface area contributed by atoms with Crippen molar-refractivity contribution in [3.05, 3.63) is 23.8 Å². The Bertz CT molecular complexity index is 584. The van der Waals surface area contributed by atoms with E-state index in [9.17, 15) is 14.4 Å². The maximum Gasteiger partial charge on any atom is 0.325 e. The van der Waals surface area contributed by atoms with E-state index in [-0.39, 0.29) is 24.7 Å². The van der Waals surface area contributed by atoms with E-state index in [2.05, 4.69) is 5.32 Å². The number of aliphatic carboxylic acids is 1. The van der Waals surface area contributed by atoms with Crippen LogP contribution in [-0.2, 0) is 9.59 Å². The average Bonchev–Trinajstić information content (AvgIpc) is 2.51. The van der Waals surface area contributed by atoms with Crippen LogP contribution >= 0.6 is 0 Å². The lowest BCUT2D eigenvalue weighted by Gasteiger charge is -2.12. The Labute approximate surface area is 134 Å². The third-order valence-electron chi connectivity index (χ3n) is 3.12. The maximum absolute atomic E-state index is 11.5. The Morgan fingerprint density at radius 3 is 2.52 bits per heavy atom. The molecule has 0 aliphatic heterocycles. The van der Waals surface area contributed by atoms with Gasteiger partial charge < -0.3 is 19.9 Å². The molecule has 0 saturated carbocycles. The molecule has 1 unspecified atom stereocenters. The number of carbonyl (C=O) groups is 3. The van der Waals surface area contributed by atoms with Crippen molar-refractivity contribution >= 4 is 17.7 Å². The van der Waals surface area contributed by atoms with Crippen LogP contribution in [0.1, 0.15) is 37.0 Å². The number of methoxy groups -OCH3 is 1. The fraction of sp³-hybridized carbons (Fsp3) is 0.438. The molecular formula is C16H21NO6. The van der Waals surface area contributed by atoms with Gasteiger partial charge in [-0.3, -0.25) is 14.4 Å². The summed E-state index contributed by atoms with van der Waals surface area (Å²) in [6.45, 7) is 3.13. The molecule has 0 radical (unpaired) electrons. The molecule has 0 bridgehead atoms. The first kappa shape index (κ1) is 18.5. The summed E-state index contributed by atoms with van der Waals surface area (Å²) in [6.07, 6.45) is 0.585. The van der Waals surface area contributed by atoms with Gasteiger partial charge in [0.2, 0.25) is 5.91 Å². The SMILES string of the molecule is COc1cc(C(C)=O)ccc1OCCCC(=O)NC(C)C(=O)O. The highest BCUT2D eigenvalue weighted by atomic mass is 16.5. The van der Waals surface area contributed by atoms with Gasteiger partial charge in [-0.2, -0.15) is 0 Å². The van der Waals surface area contributed by atoms with Crippen LogP contribution in [0.4, 0.5) is 0 Å². The Hall–Kier alpha value is -2.57. The predicted molar refractivity (Wildman–Crippen MR) is 83.0 cm³/mol. The minimum atomic E-state index is -1.08. The molecule has 0 saturated heterocycles. The van der Waals surface area contributed by atoms with Crippen molar-refractivity contribution in [3.63, 3.8) is 0 Å². The zero-order valence-electron chi connectivity index (χ0n) is 13.4. The van der Waals surface area contributed by atoms with Crippen molar-refractivity contribution in [2.24, 2.45) is 0 Å². The molecule has 1 atom stereocenters. The average molecular weight is 323 g/mol. The monoisotopic (exact) mass is 323 g/mol. The molecule has 1 rings (SSSR count). The molecule has 7 nitrogen and oxygen atoms in total. The van der Waals surface area contributed by atoms with E-state index in [1.165, 1.54) is 21.0 Å². The fourth-order valence-electron chi connectivity index (χ4n) is 1.80. The van der Waals surface area contributed by atoms with Crippen LogP contribution < -0.4 is 14.8 Å². The Balaban J connectivity index is 2.45. The van der Waals surface area contributed by atoms with Crippen LogP contribution in [0.3, 0.4) is 0 Å². The molecule has 1 aromatic carbocycles. The molecule has 0 aromatic heterocycles. The van der Waals surface area contributed by atoms with Crippen LogP contribution in [-0.4, -0.2) is 42.5 Å². The number of ketones is 1. The molecule has 0 aliphatic carbocycles. The van der Waals surface area contributed by atoms with E-state index in [1.54, 1.807) is 18.2 Å². The number of hydrogen-bond acceptors (Lipinski definition) is 5. The van der Waals surface area contributed by atoms with Gasteiger partial charge in [0.1, 0.15) is 6.04 Å². The quantitative estimate of drug-likeness (QED) is 0.529. The maximum atomic E-state index is 11.5. The molecule has 7 heteroatoms. The van der Waals surface area contributed by atoms with Gasteiger partial charge in [0.05, 0.1) is 13.7 Å². The number of carboxylic acid groups (broad SMARTS) is 1. The number of hydrogen-bond donors (Lipinski definition) is 2. The Morgan fingerprint density at radius 1 is 1.26 bits per heavy atom. The second-order valence-electron chi connectivity index (χ2n) is 5.00. The highest BCUT2D eigenvalue weighted by Gasteiger charge is 2.13. The normalized spacial score (nSPS) is 11.4. The van der Waals surface area contributed by atoms with Crippen molar-refractivity contribution in [3.8, 4) is 11.5 Å². The van der Waals surface area contributed by atoms with E-state index < -0.39 is 12.0 Å². The minimum Gasteiger partial charge on any atom is -0.493 e. The largest absolute Gasteiger partial charge is 0.493 e. The zero-order valence-corrected chi connectivity index (χ0v) is 13.4. The van der Waals surface area contributed by atoms with Crippen molar-refractivity contribution in [2.75, 3.05) is 13.7 Å². The molecular weight excluding hydrogens is 302 g/mol. The summed E-state index contributed by atoms with van der Waals surface area (Å²) in [5.74, 6) is -0.565. The molecule has 0 aliphatic rings. The summed E-state index contributed by atoms with van der Waals surface area (Å²) in [7, 11) is 1.48. The molecule has 0 heterocycles. The summed E-state index contributed by atoms with van der Waals surface area (Å²) in [5.41, 5.74) is 0.524. The van der Waals surface area contributed by atoms with E-state index in [4.69, 9.17) is 14.6 Å². The number of carbonyl (C=O) groups excluding carboxylic acids is 2. The summed E-state index contributed by atoms with van der Waals surface area (Å²) < 4.78 is 10.7. The standard InChI is InChI=1S/C16H21NO6/c1-10(16(20)21)17-15(19)5-4-8-23-13-7-6-12(11(2)18)9-14(13)22-3/h6-7,9-10H,4-5,8H2,1-3H3,(H,17,19)(H,20,21). The van der Waals surface area contributed by atoms with Gasteiger partial charge in [0.15, 0.2) is 17.3 Å². The van der Waals surface area contributed by atoms with Gasteiger partial charge in [-0.05, 0) is 38.5 Å². The van der Waals surface area contributed by atoms with Crippen molar-refractivity contribution in [1.82, 2.24) is 5.32 Å². The molecule has 1 aromatic rings. The number of amides is 1. The van der Waals surface area contributed by atoms with Crippen LogP contribution in [0, 0.1) is 0 Å². The van der Waals surface area contributed by atoms with Crippen LogP contribution in [0.5, 0.6) is 11.5 Å². The summed E-state index contributed by atoms with van der Waals surface area (Å²) in [6, 6.07) is 3.96. The number of rotatable bonds is 9. The van der Waals surface area contributed by atoms with E-state index in [0.717, 1.165) is 0 Å². The van der Waals surface area contributed by atoms with Gasteiger partial charge in [-0.25, -0.2) is 0 Å². The van der Waals surface area contributed by atoms with Crippen molar-refractivity contribution < 1.29 is 29.0 Å². The topological polar surface area (TPSA) is 102 Å². The molecule has 0 spiro atoms. The van der Waals surface area contributed by atoms with Gasteiger partial charge in [0.25, 0.3) is 0 Å². The third-order valence-corrected chi connectivity index (χ3v) is 3.12. The van der Waals surface area contributed by atoms with Gasteiger partial charge in [-0.15, -0.1) is 0 Å². The molecule has 0 fully saturated rings. The second-order valence-corrected chi connectivity index (χ2v) is 5.00. The lowest BCUT2D eigenvalue weighted by molar-refractivity contribution is -0.141. The molecule has 2 N–H and O–H groups in total. The highest BCUT2D eigenvalue weighted by molar-refractivity contribution is 5.94. The number of Topliss-reactive ketones (excluding diaryl/α,β-unsaturated/α-hetero) is 1. The van der Waals surface area contributed by atoms with Gasteiger partial charge in [-0.1, -0.05) is 0 Å². The van der Waals surface area contributed by atoms with Gasteiger partial charge in [0, 0.05) is 12.0 Å². The second kappa shape index (κ2) is 8.77. The lowest BCUT2D eigenvalue weighted by Crippen LogP contribution is -2.38. The third kappa shape index (κ3) is 5.98. The number of nitrogens with one attached hydrogen (secondary N) is 1. The molecule has 126 valence electrons. The number of benzene rings is 1. The van der Waals surface area contributed by atoms with Crippen molar-refractivity contribution in [1.29, 1.82) is 0 Å². The van der Waals surface area contributed by atoms with E-state index >= 15 is 0 Å². The first-order valence-corrected chi connectivity index (χ1v) is 7.19. The van der Waals surface area contributed by atoms with Crippen molar-refractivity contribution in [2.45, 2.75) is 32.7 Å². The van der Waals surface area contributed by atoms with Crippen LogP contribution in [0.2, 0.25) is 0 Å². The van der Waals surface area contributed by atoms with Gasteiger partial charge >= 0.3 is 5.97 Å². The van der Waals surface area contributed by atoms with E-state index in [1.807, 2.05) is 0 Å². The first-order chi connectivity index (χ1) is 10.8. The fourth-order valence-corrected chi connectivity index (χ4v) is 1.80. The number of carboxylic acids is 1. The summed E-state index contributed by atoms with van der Waals surface area (Å²) in [4.78, 5) is 33.5. The lowest BCUT2D eigenvalue weighted by atomic mass is 10.1. The minimum absolute atomic E-state index is 0.0703. The number of ether oxygens (including phenoxy) is 2. The van der Waals surface area contributed by atoms with E-state index in [0.29, 0.717) is 23.5 Å². The zero-order chi connectivity index (χ0) is 17.4. The summed E-state index contributed by atoms with van der Waals surface area (Å²) in [5, 5.41) is 11.1. The Morgan fingerprint density at radius 2 is 1.96 bits per heavy atom. The summed E-state index contributed by atoms with van der Waals surface area (Å²) >= 11 is 0. The molecule has 1 amide bonds. The Kier molecular flexibility index (Phi) is 7.05. The predicted octanol–water partition coefficient (Wildman–Crippen LogP) is 1.65. The molecule has 23 heavy (non-hydrogen) atoms. The smallest absolute Gasteiger partial charge is 0.325 e. The first-order valence-electron chi connectivity index (χ1n) is 7.19. The van der Waals surface area contributed by atoms with Crippen LogP contribution in [0.25, 0.3) is 0 Å². The van der Waals surface area contributed by atoms with Crippen LogP contribution in [0.15, 0.2) is 18.2 Å².